The van der Waals surface area contributed by atoms with Gasteiger partial charge < -0.3 is 19.9 Å². The standard InChI is InChI=1S/C17H22N4O5/c1-12-15(18-6-11-26-12)17(23)20-9-7-19(8-10-20)16(22)13-2-4-14(5-3-13)21(24)25/h2-5,12,15,18H,6-11H2,1H3/t12-,15+/m1/s1. The van der Waals surface area contributed by atoms with Crippen LogP contribution in [0.5, 0.6) is 0 Å². The molecule has 0 aromatic heterocycles. The van der Waals surface area contributed by atoms with Crippen LogP contribution in [0, 0.1) is 10.1 Å². The zero-order valence-electron chi connectivity index (χ0n) is 14.6. The monoisotopic (exact) mass is 362 g/mol. The average molecular weight is 362 g/mol. The minimum Gasteiger partial charge on any atom is -0.375 e. The molecule has 2 amide bonds. The van der Waals surface area contributed by atoms with Crippen LogP contribution >= 0.6 is 0 Å². The maximum atomic E-state index is 12.6. The van der Waals surface area contributed by atoms with E-state index in [0.717, 1.165) is 0 Å². The number of benzene rings is 1. The third kappa shape index (κ3) is 3.83. The first-order chi connectivity index (χ1) is 12.5. The normalized spacial score (nSPS) is 23.6. The zero-order chi connectivity index (χ0) is 18.7. The Bertz CT molecular complexity index is 685. The van der Waals surface area contributed by atoms with Gasteiger partial charge in [0.05, 0.1) is 17.6 Å². The van der Waals surface area contributed by atoms with Gasteiger partial charge in [-0.25, -0.2) is 0 Å². The van der Waals surface area contributed by atoms with E-state index in [1.165, 1.54) is 24.3 Å². The van der Waals surface area contributed by atoms with E-state index < -0.39 is 4.92 Å². The number of rotatable bonds is 3. The molecule has 2 saturated heterocycles. The Balaban J connectivity index is 1.56. The smallest absolute Gasteiger partial charge is 0.269 e. The SMILES string of the molecule is C[C@H]1OCCN[C@@H]1C(=O)N1CCN(C(=O)c2ccc([N+](=O)[O-])cc2)CC1. The van der Waals surface area contributed by atoms with Crippen molar-refractivity contribution in [2.24, 2.45) is 0 Å². The van der Waals surface area contributed by atoms with Gasteiger partial charge in [-0.05, 0) is 19.1 Å². The summed E-state index contributed by atoms with van der Waals surface area (Å²) in [5.41, 5.74) is 0.361. The van der Waals surface area contributed by atoms with Crippen molar-refractivity contribution >= 4 is 17.5 Å². The zero-order valence-corrected chi connectivity index (χ0v) is 14.6. The molecule has 2 aliphatic rings. The van der Waals surface area contributed by atoms with Gasteiger partial charge in [-0.1, -0.05) is 0 Å². The van der Waals surface area contributed by atoms with Crippen LogP contribution in [0.3, 0.4) is 0 Å². The van der Waals surface area contributed by atoms with E-state index in [4.69, 9.17) is 4.74 Å². The molecular formula is C17H22N4O5. The number of nitrogens with zero attached hydrogens (tertiary/aromatic N) is 3. The van der Waals surface area contributed by atoms with Crippen molar-refractivity contribution in [3.63, 3.8) is 0 Å². The first-order valence-corrected chi connectivity index (χ1v) is 8.65. The van der Waals surface area contributed by atoms with Gasteiger partial charge in [-0.3, -0.25) is 19.7 Å². The number of ether oxygens (including phenoxy) is 1. The predicted molar refractivity (Wildman–Crippen MR) is 92.8 cm³/mol. The van der Waals surface area contributed by atoms with Crippen molar-refractivity contribution < 1.29 is 19.2 Å². The van der Waals surface area contributed by atoms with Gasteiger partial charge in [-0.15, -0.1) is 0 Å². The first kappa shape index (κ1) is 18.3. The third-order valence-electron chi connectivity index (χ3n) is 4.79. The topological polar surface area (TPSA) is 105 Å². The van der Waals surface area contributed by atoms with E-state index in [2.05, 4.69) is 5.32 Å². The number of hydrogen-bond donors (Lipinski definition) is 1. The van der Waals surface area contributed by atoms with Gasteiger partial charge >= 0.3 is 0 Å². The van der Waals surface area contributed by atoms with E-state index in [1.54, 1.807) is 9.80 Å². The van der Waals surface area contributed by atoms with Crippen LogP contribution in [0.4, 0.5) is 5.69 Å². The van der Waals surface area contributed by atoms with Crippen molar-refractivity contribution in [1.82, 2.24) is 15.1 Å². The highest BCUT2D eigenvalue weighted by Crippen LogP contribution is 2.16. The molecule has 3 rings (SSSR count). The van der Waals surface area contributed by atoms with Gasteiger partial charge in [0.25, 0.3) is 11.6 Å². The summed E-state index contributed by atoms with van der Waals surface area (Å²) in [6.45, 7) is 4.92. The number of non-ortho nitro benzene ring substituents is 1. The molecule has 2 aliphatic heterocycles. The maximum absolute atomic E-state index is 12.6. The molecule has 0 aliphatic carbocycles. The van der Waals surface area contributed by atoms with Crippen molar-refractivity contribution in [3.8, 4) is 0 Å². The molecule has 9 heteroatoms. The fourth-order valence-corrected chi connectivity index (χ4v) is 3.24. The molecule has 26 heavy (non-hydrogen) atoms. The number of amides is 2. The number of morpholine rings is 1. The third-order valence-corrected chi connectivity index (χ3v) is 4.79. The Labute approximate surface area is 151 Å². The lowest BCUT2D eigenvalue weighted by Gasteiger charge is -2.38. The van der Waals surface area contributed by atoms with Gasteiger partial charge in [0.1, 0.15) is 6.04 Å². The molecule has 9 nitrogen and oxygen atoms in total. The molecule has 1 N–H and O–H groups in total. The highest BCUT2D eigenvalue weighted by molar-refractivity contribution is 5.94. The largest absolute Gasteiger partial charge is 0.375 e. The minimum atomic E-state index is -0.497. The van der Waals surface area contributed by atoms with Crippen molar-refractivity contribution in [2.45, 2.75) is 19.1 Å². The quantitative estimate of drug-likeness (QED) is 0.611. The molecular weight excluding hydrogens is 340 g/mol. The average Bonchev–Trinajstić information content (AvgIpc) is 2.67. The number of piperazine rings is 1. The number of nitro groups is 1. The second-order valence-electron chi connectivity index (χ2n) is 6.43. The molecule has 2 heterocycles. The number of nitrogens with one attached hydrogen (secondary N) is 1. The Morgan fingerprint density at radius 2 is 1.77 bits per heavy atom. The van der Waals surface area contributed by atoms with Gasteiger partial charge in [0, 0.05) is 50.4 Å². The van der Waals surface area contributed by atoms with E-state index >= 15 is 0 Å². The molecule has 0 unspecified atom stereocenters. The summed E-state index contributed by atoms with van der Waals surface area (Å²) >= 11 is 0. The number of nitro benzene ring substituents is 1. The Morgan fingerprint density at radius 1 is 1.15 bits per heavy atom. The van der Waals surface area contributed by atoms with E-state index in [9.17, 15) is 19.7 Å². The highest BCUT2D eigenvalue weighted by atomic mass is 16.6. The summed E-state index contributed by atoms with van der Waals surface area (Å²) in [6.07, 6.45) is -0.170. The molecule has 0 saturated carbocycles. The van der Waals surface area contributed by atoms with Gasteiger partial charge in [0.15, 0.2) is 0 Å². The Kier molecular flexibility index (Phi) is 5.48. The van der Waals surface area contributed by atoms with Crippen molar-refractivity contribution in [3.05, 3.63) is 39.9 Å². The lowest BCUT2D eigenvalue weighted by Crippen LogP contribution is -2.60. The molecule has 0 bridgehead atoms. The molecule has 0 radical (unpaired) electrons. The summed E-state index contributed by atoms with van der Waals surface area (Å²) in [5.74, 6) is -0.181. The van der Waals surface area contributed by atoms with Crippen molar-refractivity contribution in [2.75, 3.05) is 39.3 Å². The second-order valence-corrected chi connectivity index (χ2v) is 6.43. The summed E-state index contributed by atoms with van der Waals surface area (Å²) in [7, 11) is 0. The molecule has 1 aromatic rings. The van der Waals surface area contributed by atoms with Gasteiger partial charge in [0.2, 0.25) is 5.91 Å². The molecule has 2 fully saturated rings. The lowest BCUT2D eigenvalue weighted by atomic mass is 10.1. The van der Waals surface area contributed by atoms with Crippen LogP contribution in [0.15, 0.2) is 24.3 Å². The molecule has 140 valence electrons. The maximum Gasteiger partial charge on any atom is 0.269 e. The lowest BCUT2D eigenvalue weighted by molar-refractivity contribution is -0.384. The molecule has 0 spiro atoms. The number of carbonyl (C=O) groups is 2. The molecule has 1 aromatic carbocycles. The van der Waals surface area contributed by atoms with Crippen LogP contribution in [-0.4, -0.2) is 78.0 Å². The van der Waals surface area contributed by atoms with Crippen LogP contribution in [0.2, 0.25) is 0 Å². The Hall–Kier alpha value is -2.52. The summed E-state index contributed by atoms with van der Waals surface area (Å²) in [5, 5.41) is 13.9. The van der Waals surface area contributed by atoms with E-state index in [0.29, 0.717) is 44.9 Å². The fourth-order valence-electron chi connectivity index (χ4n) is 3.24. The fraction of sp³-hybridized carbons (Fsp3) is 0.529. The first-order valence-electron chi connectivity index (χ1n) is 8.65. The van der Waals surface area contributed by atoms with Gasteiger partial charge in [-0.2, -0.15) is 0 Å². The number of hydrogen-bond acceptors (Lipinski definition) is 6. The molecule has 2 atom stereocenters. The second kappa shape index (κ2) is 7.79. The van der Waals surface area contributed by atoms with Crippen LogP contribution in [-0.2, 0) is 9.53 Å². The highest BCUT2D eigenvalue weighted by Gasteiger charge is 2.34. The van der Waals surface area contributed by atoms with Crippen LogP contribution in [0.1, 0.15) is 17.3 Å². The van der Waals surface area contributed by atoms with Crippen LogP contribution < -0.4 is 5.32 Å². The summed E-state index contributed by atoms with van der Waals surface area (Å²) in [6, 6.07) is 5.22. The van der Waals surface area contributed by atoms with Crippen LogP contribution in [0.25, 0.3) is 0 Å². The van der Waals surface area contributed by atoms with E-state index in [1.807, 2.05) is 6.92 Å². The number of carbonyl (C=O) groups excluding carboxylic acids is 2. The van der Waals surface area contributed by atoms with E-state index in [-0.39, 0.29) is 29.6 Å². The summed E-state index contributed by atoms with van der Waals surface area (Å²) < 4.78 is 5.52. The Morgan fingerprint density at radius 3 is 2.35 bits per heavy atom. The summed E-state index contributed by atoms with van der Waals surface area (Å²) in [4.78, 5) is 38.8. The minimum absolute atomic E-state index is 0.000338. The predicted octanol–water partition coefficient (Wildman–Crippen LogP) is 0.256. The van der Waals surface area contributed by atoms with Crippen molar-refractivity contribution in [1.29, 1.82) is 0 Å².